The molecule has 0 radical (unpaired) electrons. The van der Waals surface area contributed by atoms with E-state index in [1.54, 1.807) is 12.1 Å². The first kappa shape index (κ1) is 14.7. The third-order valence-electron chi connectivity index (χ3n) is 4.04. The van der Waals surface area contributed by atoms with Crippen molar-refractivity contribution in [3.63, 3.8) is 0 Å². The van der Waals surface area contributed by atoms with Crippen LogP contribution in [0.4, 0.5) is 11.5 Å². The van der Waals surface area contributed by atoms with Gasteiger partial charge in [-0.25, -0.2) is 4.98 Å². The van der Waals surface area contributed by atoms with Crippen molar-refractivity contribution in [2.45, 2.75) is 25.9 Å². The van der Waals surface area contributed by atoms with E-state index < -0.39 is 0 Å². The van der Waals surface area contributed by atoms with Crippen LogP contribution in [0, 0.1) is 10.1 Å². The molecule has 0 saturated carbocycles. The van der Waals surface area contributed by atoms with Gasteiger partial charge in [0.1, 0.15) is 5.82 Å². The van der Waals surface area contributed by atoms with Gasteiger partial charge < -0.3 is 9.64 Å². The Labute approximate surface area is 128 Å². The van der Waals surface area contributed by atoms with Crippen molar-refractivity contribution in [3.8, 4) is 0 Å². The van der Waals surface area contributed by atoms with Gasteiger partial charge in [0.15, 0.2) is 0 Å². The maximum Gasteiger partial charge on any atom is 0.270 e. The van der Waals surface area contributed by atoms with Gasteiger partial charge in [0.25, 0.3) is 5.69 Å². The molecule has 22 heavy (non-hydrogen) atoms. The minimum absolute atomic E-state index is 0.0968. The zero-order chi connectivity index (χ0) is 15.5. The smallest absolute Gasteiger partial charge is 0.270 e. The topological polar surface area (TPSA) is 68.5 Å². The highest BCUT2D eigenvalue weighted by atomic mass is 16.6. The molecule has 0 amide bonds. The molecule has 0 bridgehead atoms. The minimum Gasteiger partial charge on any atom is -0.378 e. The van der Waals surface area contributed by atoms with Crippen molar-refractivity contribution in [1.82, 2.24) is 4.98 Å². The van der Waals surface area contributed by atoms with Gasteiger partial charge in [0, 0.05) is 37.2 Å². The van der Waals surface area contributed by atoms with Gasteiger partial charge in [-0.3, -0.25) is 10.1 Å². The van der Waals surface area contributed by atoms with Gasteiger partial charge in [-0.15, -0.1) is 0 Å². The molecule has 2 aromatic rings. The Morgan fingerprint density at radius 1 is 1.32 bits per heavy atom. The van der Waals surface area contributed by atoms with Crippen LogP contribution in [0.25, 0.3) is 10.9 Å². The molecule has 1 saturated heterocycles. The molecule has 116 valence electrons. The molecule has 6 heteroatoms. The van der Waals surface area contributed by atoms with Gasteiger partial charge in [0.2, 0.25) is 0 Å². The predicted molar refractivity (Wildman–Crippen MR) is 85.3 cm³/mol. The Balaban J connectivity index is 1.78. The molecular formula is C16H19N3O3. The number of benzene rings is 1. The number of anilines is 1. The van der Waals surface area contributed by atoms with Gasteiger partial charge >= 0.3 is 0 Å². The summed E-state index contributed by atoms with van der Waals surface area (Å²) >= 11 is 0. The van der Waals surface area contributed by atoms with Crippen LogP contribution < -0.4 is 4.90 Å². The Bertz CT molecular complexity index is 681. The number of piperidine rings is 1. The highest BCUT2D eigenvalue weighted by Gasteiger charge is 2.20. The van der Waals surface area contributed by atoms with Crippen LogP contribution in [0.15, 0.2) is 30.3 Å². The van der Waals surface area contributed by atoms with Crippen LogP contribution >= 0.6 is 0 Å². The summed E-state index contributed by atoms with van der Waals surface area (Å²) in [6.07, 6.45) is 2.37. The Morgan fingerprint density at radius 3 is 2.77 bits per heavy atom. The fourth-order valence-electron chi connectivity index (χ4n) is 2.88. The lowest BCUT2D eigenvalue weighted by Crippen LogP contribution is -2.37. The SMILES string of the molecule is CCOC1CCN(c2ccc3cc([N+](=O)[O-])ccc3n2)CC1. The first-order valence-corrected chi connectivity index (χ1v) is 7.59. The number of nitro groups is 1. The van der Waals surface area contributed by atoms with E-state index >= 15 is 0 Å². The van der Waals surface area contributed by atoms with Crippen molar-refractivity contribution in [1.29, 1.82) is 0 Å². The molecule has 0 N–H and O–H groups in total. The van der Waals surface area contributed by atoms with E-state index in [1.807, 2.05) is 19.1 Å². The molecule has 6 nitrogen and oxygen atoms in total. The molecule has 0 spiro atoms. The first-order valence-electron chi connectivity index (χ1n) is 7.59. The molecular weight excluding hydrogens is 282 g/mol. The summed E-state index contributed by atoms with van der Waals surface area (Å²) in [5, 5.41) is 11.6. The standard InChI is InChI=1S/C16H19N3O3/c1-2-22-14-7-9-18(10-8-14)16-6-3-12-11-13(19(20)21)4-5-15(12)17-16/h3-6,11,14H,2,7-10H2,1H3. The summed E-state index contributed by atoms with van der Waals surface area (Å²) in [7, 11) is 0. The number of aromatic nitrogens is 1. The number of non-ortho nitro benzene ring substituents is 1. The highest BCUT2D eigenvalue weighted by molar-refractivity contribution is 5.82. The molecule has 1 fully saturated rings. The van der Waals surface area contributed by atoms with Crippen LogP contribution in [0.2, 0.25) is 0 Å². The summed E-state index contributed by atoms with van der Waals surface area (Å²) in [6.45, 7) is 4.64. The number of rotatable bonds is 4. The lowest BCUT2D eigenvalue weighted by Gasteiger charge is -2.32. The number of ether oxygens (including phenoxy) is 1. The average molecular weight is 301 g/mol. The number of hydrogen-bond acceptors (Lipinski definition) is 5. The van der Waals surface area contributed by atoms with E-state index in [4.69, 9.17) is 4.74 Å². The van der Waals surface area contributed by atoms with Crippen molar-refractivity contribution in [3.05, 3.63) is 40.4 Å². The molecule has 3 rings (SSSR count). The highest BCUT2D eigenvalue weighted by Crippen LogP contribution is 2.25. The summed E-state index contributed by atoms with van der Waals surface area (Å²) in [6, 6.07) is 8.62. The Hall–Kier alpha value is -2.21. The number of nitrogens with zero attached hydrogens (tertiary/aromatic N) is 3. The van der Waals surface area contributed by atoms with E-state index in [-0.39, 0.29) is 10.6 Å². The van der Waals surface area contributed by atoms with E-state index in [2.05, 4.69) is 9.88 Å². The molecule has 1 aromatic carbocycles. The number of nitro benzene ring substituents is 1. The van der Waals surface area contributed by atoms with Gasteiger partial charge in [-0.2, -0.15) is 0 Å². The average Bonchev–Trinajstić information content (AvgIpc) is 2.55. The molecule has 0 aliphatic carbocycles. The predicted octanol–water partition coefficient (Wildman–Crippen LogP) is 3.15. The minimum atomic E-state index is -0.383. The van der Waals surface area contributed by atoms with E-state index in [0.717, 1.165) is 49.3 Å². The first-order chi connectivity index (χ1) is 10.7. The summed E-state index contributed by atoms with van der Waals surface area (Å²) in [5.41, 5.74) is 0.884. The largest absolute Gasteiger partial charge is 0.378 e. The fraction of sp³-hybridized carbons (Fsp3) is 0.438. The van der Waals surface area contributed by atoms with Crippen molar-refractivity contribution < 1.29 is 9.66 Å². The van der Waals surface area contributed by atoms with Crippen molar-refractivity contribution >= 4 is 22.4 Å². The van der Waals surface area contributed by atoms with Crippen LogP contribution in [-0.2, 0) is 4.74 Å². The third kappa shape index (κ3) is 3.01. The zero-order valence-corrected chi connectivity index (χ0v) is 12.6. The fourth-order valence-corrected chi connectivity index (χ4v) is 2.88. The normalized spacial score (nSPS) is 16.1. The second-order valence-corrected chi connectivity index (χ2v) is 5.45. The van der Waals surface area contributed by atoms with E-state index in [0.29, 0.717) is 6.10 Å². The molecule has 0 atom stereocenters. The summed E-state index contributed by atoms with van der Waals surface area (Å²) in [4.78, 5) is 17.3. The quantitative estimate of drug-likeness (QED) is 0.641. The van der Waals surface area contributed by atoms with E-state index in [1.165, 1.54) is 6.07 Å². The molecule has 2 heterocycles. The number of pyridine rings is 1. The molecule has 1 aliphatic rings. The van der Waals surface area contributed by atoms with Crippen molar-refractivity contribution in [2.24, 2.45) is 0 Å². The lowest BCUT2D eigenvalue weighted by atomic mass is 10.1. The number of hydrogen-bond donors (Lipinski definition) is 0. The van der Waals surface area contributed by atoms with Gasteiger partial charge in [-0.05, 0) is 38.0 Å². The lowest BCUT2D eigenvalue weighted by molar-refractivity contribution is -0.384. The van der Waals surface area contributed by atoms with Crippen LogP contribution in [0.1, 0.15) is 19.8 Å². The van der Waals surface area contributed by atoms with Gasteiger partial charge in [0.05, 0.1) is 16.5 Å². The molecule has 1 aromatic heterocycles. The van der Waals surface area contributed by atoms with Crippen LogP contribution in [0.3, 0.4) is 0 Å². The summed E-state index contributed by atoms with van der Waals surface area (Å²) in [5.74, 6) is 0.927. The third-order valence-corrected chi connectivity index (χ3v) is 4.04. The van der Waals surface area contributed by atoms with E-state index in [9.17, 15) is 10.1 Å². The second-order valence-electron chi connectivity index (χ2n) is 5.45. The van der Waals surface area contributed by atoms with Gasteiger partial charge in [-0.1, -0.05) is 0 Å². The second kappa shape index (κ2) is 6.27. The zero-order valence-electron chi connectivity index (χ0n) is 12.6. The monoisotopic (exact) mass is 301 g/mol. The maximum absolute atomic E-state index is 10.8. The van der Waals surface area contributed by atoms with Crippen LogP contribution in [-0.4, -0.2) is 35.7 Å². The summed E-state index contributed by atoms with van der Waals surface area (Å²) < 4.78 is 5.66. The Morgan fingerprint density at radius 2 is 2.09 bits per heavy atom. The molecule has 0 unspecified atom stereocenters. The maximum atomic E-state index is 10.8. The van der Waals surface area contributed by atoms with Crippen LogP contribution in [0.5, 0.6) is 0 Å². The Kier molecular flexibility index (Phi) is 4.20. The number of fused-ring (bicyclic) bond motifs is 1. The molecule has 1 aliphatic heterocycles. The van der Waals surface area contributed by atoms with Crippen molar-refractivity contribution in [2.75, 3.05) is 24.6 Å².